The SMILES string of the molecule is CCCCCOc1ccc(-c2ccc(C(=O)N[C@@H](Cc3c[nH]c4ccccc34)C(=O)N[C@H](CC(N)=O)C(=O)C[C@@H](C)C(=O)N[C@@H]3C(=O)NCC(=O)N[C@@H](CCCN)C(=O)N[C@@H](CC(=O)O)C(=O)C[C@H](C)C(=O)N[C@@H](C)C(=O)NCC(=O)N[C@H](CO)C(=O)C[C@@H]([C@H](C)CC(=O)O)C(=O)N[C@@H](CC(=O)c4ccccc4N)C(=O)O[C@@H]3C)cc2)cc1. The molecule has 13 atom stereocenters. The number of rotatable bonds is 31. The van der Waals surface area contributed by atoms with Crippen LogP contribution in [0.5, 0.6) is 5.75 Å². The van der Waals surface area contributed by atoms with E-state index in [1.807, 2.05) is 24.3 Å². The van der Waals surface area contributed by atoms with Crippen LogP contribution in [0.15, 0.2) is 103 Å². The monoisotopic (exact) mass is 1640 g/mol. The number of carboxylic acids is 2. The van der Waals surface area contributed by atoms with Crippen LogP contribution in [-0.4, -0.2) is 214 Å². The Bertz CT molecular complexity index is 4470. The summed E-state index contributed by atoms with van der Waals surface area (Å²) in [5.74, 6) is -26.0. The molecule has 0 bridgehead atoms. The van der Waals surface area contributed by atoms with Crippen LogP contribution in [-0.2, 0) is 87.9 Å². The number of H-pyrrole nitrogens is 1. The van der Waals surface area contributed by atoms with Crippen molar-refractivity contribution in [1.82, 2.24) is 58.2 Å². The molecule has 5 aromatic rings. The topological polar surface area (TPSA) is 601 Å². The van der Waals surface area contributed by atoms with Crippen molar-refractivity contribution in [2.45, 2.75) is 179 Å². The third-order valence-corrected chi connectivity index (χ3v) is 19.6. The molecule has 0 spiro atoms. The number of aliphatic hydroxyl groups excluding tert-OH is 1. The smallest absolute Gasteiger partial charge is 0.329 e. The number of Topliss-reactive ketones (excluding diaryl/α,β-unsaturated/α-hetero) is 4. The first-order valence-corrected chi connectivity index (χ1v) is 38.6. The van der Waals surface area contributed by atoms with Gasteiger partial charge in [-0.1, -0.05) is 95.1 Å². The number of aliphatic hydroxyl groups is 1. The second kappa shape index (κ2) is 46.1. The average molecular weight is 1640 g/mol. The molecule has 11 amide bonds. The van der Waals surface area contributed by atoms with E-state index in [4.69, 9.17) is 26.7 Å². The fourth-order valence-electron chi connectivity index (χ4n) is 12.8. The molecular weight excluding hydrogens is 1540 g/mol. The van der Waals surface area contributed by atoms with E-state index in [2.05, 4.69) is 65.1 Å². The molecule has 1 fully saturated rings. The van der Waals surface area contributed by atoms with Crippen LogP contribution in [0.4, 0.5) is 5.69 Å². The minimum absolute atomic E-state index is 0.00597. The van der Waals surface area contributed by atoms with Gasteiger partial charge in [-0.15, -0.1) is 0 Å². The van der Waals surface area contributed by atoms with Crippen molar-refractivity contribution in [2.75, 3.05) is 38.6 Å². The Labute approximate surface area is 679 Å². The Morgan fingerprint density at radius 2 is 1.24 bits per heavy atom. The average Bonchev–Trinajstić information content (AvgIpc) is 1.65. The van der Waals surface area contributed by atoms with Crippen molar-refractivity contribution in [1.29, 1.82) is 0 Å². The number of nitrogens with two attached hydrogens (primary N) is 3. The molecule has 118 heavy (non-hydrogen) atoms. The first-order chi connectivity index (χ1) is 56.0. The lowest BCUT2D eigenvalue weighted by molar-refractivity contribution is -0.156. The number of ether oxygens (including phenoxy) is 2. The number of fused-ring (bicyclic) bond motifs is 1. The van der Waals surface area contributed by atoms with Crippen molar-refractivity contribution >= 4 is 123 Å². The number of ketones is 4. The molecule has 4 aromatic carbocycles. The molecule has 1 aromatic heterocycles. The summed E-state index contributed by atoms with van der Waals surface area (Å²) in [5, 5.41) is 54.3. The molecule has 1 aliphatic rings. The van der Waals surface area contributed by atoms with Gasteiger partial charge >= 0.3 is 17.9 Å². The number of carboxylic acid groups (broad SMARTS) is 2. The van der Waals surface area contributed by atoms with Gasteiger partial charge in [0.1, 0.15) is 48.1 Å². The van der Waals surface area contributed by atoms with Crippen LogP contribution in [0.2, 0.25) is 0 Å². The maximum absolute atomic E-state index is 14.9. The Hall–Kier alpha value is -12.8. The molecule has 20 N–H and O–H groups in total. The van der Waals surface area contributed by atoms with E-state index in [0.717, 1.165) is 37.3 Å². The molecule has 0 aliphatic carbocycles. The van der Waals surface area contributed by atoms with E-state index in [1.165, 1.54) is 52.0 Å². The quantitative estimate of drug-likeness (QED) is 0.0122. The van der Waals surface area contributed by atoms with Crippen LogP contribution < -0.4 is 75.1 Å². The number of hydrogen-bond donors (Lipinski definition) is 17. The Morgan fingerprint density at radius 3 is 1.86 bits per heavy atom. The van der Waals surface area contributed by atoms with E-state index < -0.39 is 249 Å². The van der Waals surface area contributed by atoms with Gasteiger partial charge in [0.2, 0.25) is 59.1 Å². The van der Waals surface area contributed by atoms with Gasteiger partial charge in [0.15, 0.2) is 23.1 Å². The number of benzene rings is 4. The number of aromatic nitrogens is 1. The number of anilines is 1. The van der Waals surface area contributed by atoms with Gasteiger partial charge in [-0.25, -0.2) is 4.79 Å². The third-order valence-electron chi connectivity index (χ3n) is 19.6. The molecule has 37 heteroatoms. The summed E-state index contributed by atoms with van der Waals surface area (Å²) < 4.78 is 11.6. The number of amides is 11. The zero-order chi connectivity index (χ0) is 87.0. The standard InChI is InChI=1S/C81H104N14O23/c1-7-8-13-29-117-51-26-24-48(25-27-51)47-20-22-49(23-21-47)76(111)93-60(33-50-38-85-56-18-12-10-15-52(50)56)79(114)91-58(36-67(84)101)64(98)31-44(4)74(109)95-72-46(6)118-81(116)61(35-63(97)53-16-9-11-17-55(53)83)94-77(112)54(42(2)32-70(104)105)34-66(100)62(41-96)90-69(103)39-86-75(110)45(5)88-73(108)43(3)30-65(99)59(37-71(106)107)92-78(113)57(19-14-28-82)89-68(102)40-87-80(72)115/h9-12,15-18,20-27,38,42-46,54,57-62,72,85,96H,7-8,13-14,19,28-37,39-41,82-83H2,1-6H3,(H2,84,101)(H,86,110)(H,87,115)(H,88,108)(H,89,102)(H,90,103)(H,91,114)(H,92,113)(H,93,111)(H,94,112)(H,95,109)(H,104,105)(H,106,107)/t42-,43+,44-,45+,46-,54+,57+,58-,59+,60+,61+,62-,72+/m1/s1. The molecular formula is C81H104N14O23. The summed E-state index contributed by atoms with van der Waals surface area (Å²) in [6.45, 7) is 5.27. The Balaban J connectivity index is 1.34. The number of para-hydroxylation sites is 2. The lowest BCUT2D eigenvalue weighted by atomic mass is 9.84. The van der Waals surface area contributed by atoms with Crippen molar-refractivity contribution < 1.29 is 111 Å². The fraction of sp³-hybridized carbons (Fsp3) is 0.457. The number of aromatic amines is 1. The largest absolute Gasteiger partial charge is 0.494 e. The molecule has 0 unspecified atom stereocenters. The van der Waals surface area contributed by atoms with Crippen LogP contribution in [0.3, 0.4) is 0 Å². The van der Waals surface area contributed by atoms with Gasteiger partial charge in [-0.05, 0) is 105 Å². The highest BCUT2D eigenvalue weighted by Crippen LogP contribution is 2.27. The molecule has 6 rings (SSSR count). The number of carbonyl (C=O) groups excluding carboxylic acids is 16. The number of cyclic esters (lactones) is 1. The zero-order valence-electron chi connectivity index (χ0n) is 66.3. The van der Waals surface area contributed by atoms with E-state index in [-0.39, 0.29) is 42.6 Å². The molecule has 1 saturated heterocycles. The first kappa shape index (κ1) is 94.1. The van der Waals surface area contributed by atoms with Crippen LogP contribution in [0.25, 0.3) is 22.0 Å². The number of carbonyl (C=O) groups is 18. The first-order valence-electron chi connectivity index (χ1n) is 38.6. The van der Waals surface area contributed by atoms with Crippen molar-refractivity contribution in [3.05, 3.63) is 120 Å². The highest BCUT2D eigenvalue weighted by molar-refractivity contribution is 6.05. The number of nitrogen functional groups attached to an aromatic ring is 1. The summed E-state index contributed by atoms with van der Waals surface area (Å²) in [7, 11) is 0. The minimum Gasteiger partial charge on any atom is -0.494 e. The van der Waals surface area contributed by atoms with Gasteiger partial charge in [-0.2, -0.15) is 0 Å². The van der Waals surface area contributed by atoms with Crippen LogP contribution in [0.1, 0.15) is 145 Å². The van der Waals surface area contributed by atoms with Gasteiger partial charge in [0.25, 0.3) is 5.91 Å². The number of hydrogen-bond acceptors (Lipinski definition) is 23. The summed E-state index contributed by atoms with van der Waals surface area (Å²) in [6, 6.07) is 12.1. The van der Waals surface area contributed by atoms with Crippen LogP contribution in [0, 0.1) is 23.7 Å². The summed E-state index contributed by atoms with van der Waals surface area (Å²) in [4.78, 5) is 253. The van der Waals surface area contributed by atoms with Gasteiger partial charge < -0.3 is 100 Å². The second-order valence-corrected chi connectivity index (χ2v) is 29.1. The normalized spacial score (nSPS) is 21.1. The predicted octanol–water partition coefficient (Wildman–Crippen LogP) is 0.149. The maximum atomic E-state index is 14.9. The highest BCUT2D eigenvalue weighted by Gasteiger charge is 2.40. The fourth-order valence-corrected chi connectivity index (χ4v) is 12.8. The summed E-state index contributed by atoms with van der Waals surface area (Å²) >= 11 is 0. The lowest BCUT2D eigenvalue weighted by Crippen LogP contribution is -2.58. The Kier molecular flexibility index (Phi) is 36.7. The molecule has 636 valence electrons. The molecule has 37 nitrogen and oxygen atoms in total. The molecule has 2 heterocycles. The minimum atomic E-state index is -2.19. The van der Waals surface area contributed by atoms with Crippen molar-refractivity contribution in [3.8, 4) is 16.9 Å². The number of unbranched alkanes of at least 4 members (excludes halogenated alkanes) is 2. The van der Waals surface area contributed by atoms with Gasteiger partial charge in [0, 0.05) is 90.2 Å². The highest BCUT2D eigenvalue weighted by atomic mass is 16.5. The van der Waals surface area contributed by atoms with Crippen molar-refractivity contribution in [2.24, 2.45) is 35.1 Å². The molecule has 0 saturated carbocycles. The molecule has 1 aliphatic heterocycles. The number of nitrogens with one attached hydrogen (secondary N) is 11. The molecule has 0 radical (unpaired) electrons. The lowest BCUT2D eigenvalue weighted by Gasteiger charge is -2.29. The van der Waals surface area contributed by atoms with E-state index in [0.29, 0.717) is 28.8 Å². The summed E-state index contributed by atoms with van der Waals surface area (Å²) in [6.07, 6.45) is -4.19. The van der Waals surface area contributed by atoms with E-state index in [1.54, 1.807) is 54.7 Å². The number of primary amides is 1. The van der Waals surface area contributed by atoms with Crippen LogP contribution >= 0.6 is 0 Å². The van der Waals surface area contributed by atoms with Crippen molar-refractivity contribution in [3.63, 3.8) is 0 Å². The van der Waals surface area contributed by atoms with E-state index >= 15 is 0 Å². The van der Waals surface area contributed by atoms with Gasteiger partial charge in [-0.3, -0.25) is 81.5 Å². The predicted molar refractivity (Wildman–Crippen MR) is 424 cm³/mol. The maximum Gasteiger partial charge on any atom is 0.329 e. The van der Waals surface area contributed by atoms with Gasteiger partial charge in [0.05, 0.1) is 51.2 Å². The summed E-state index contributed by atoms with van der Waals surface area (Å²) in [5.41, 5.74) is 20.2. The number of aliphatic carboxylic acids is 2. The third kappa shape index (κ3) is 29.2. The zero-order valence-corrected chi connectivity index (χ0v) is 66.3. The Morgan fingerprint density at radius 1 is 0.619 bits per heavy atom. The number of esters is 1. The van der Waals surface area contributed by atoms with E-state index in [9.17, 15) is 102 Å². The second-order valence-electron chi connectivity index (χ2n) is 29.1.